The molecule has 1 aliphatic heterocycles. The van der Waals surface area contributed by atoms with Crippen LogP contribution >= 0.6 is 0 Å². The first-order valence-electron chi connectivity index (χ1n) is 5.69. The normalized spacial score (nSPS) is 15.9. The summed E-state index contributed by atoms with van der Waals surface area (Å²) in [5.41, 5.74) is 0.666. The zero-order chi connectivity index (χ0) is 11.4. The summed E-state index contributed by atoms with van der Waals surface area (Å²) in [5.74, 6) is 0.765. The van der Waals surface area contributed by atoms with Crippen molar-refractivity contribution in [2.24, 2.45) is 0 Å². The average molecular weight is 216 g/mol. The summed E-state index contributed by atoms with van der Waals surface area (Å²) in [6, 6.07) is 3.62. The zero-order valence-electron chi connectivity index (χ0n) is 9.35. The lowest BCUT2D eigenvalue weighted by Crippen LogP contribution is -2.31. The van der Waals surface area contributed by atoms with Gasteiger partial charge in [-0.1, -0.05) is 6.58 Å². The molecule has 3 heteroatoms. The van der Waals surface area contributed by atoms with E-state index in [2.05, 4.69) is 16.5 Å². The van der Waals surface area contributed by atoms with Gasteiger partial charge >= 0.3 is 0 Å². The number of rotatable bonds is 3. The summed E-state index contributed by atoms with van der Waals surface area (Å²) >= 11 is 0. The molecule has 16 heavy (non-hydrogen) atoms. The number of allylic oxidation sites excluding steroid dienone is 1. The standard InChI is InChI=1S/C13H16N2O/c1-2-12(16)11-7-6-8-14-13(11)15-9-4-3-5-10-15/h2,6-8H,1,3-5,9-10H2. The first kappa shape index (κ1) is 10.9. The third-order valence-electron chi connectivity index (χ3n) is 2.89. The van der Waals surface area contributed by atoms with E-state index in [1.165, 1.54) is 25.3 Å². The Labute approximate surface area is 95.8 Å². The minimum Gasteiger partial charge on any atom is -0.356 e. The maximum atomic E-state index is 11.7. The smallest absolute Gasteiger partial charge is 0.188 e. The monoisotopic (exact) mass is 216 g/mol. The molecule has 1 fully saturated rings. The van der Waals surface area contributed by atoms with Crippen LogP contribution in [0.1, 0.15) is 29.6 Å². The van der Waals surface area contributed by atoms with Crippen LogP contribution in [0.5, 0.6) is 0 Å². The number of hydrogen-bond acceptors (Lipinski definition) is 3. The Hall–Kier alpha value is -1.64. The van der Waals surface area contributed by atoms with Gasteiger partial charge in [-0.2, -0.15) is 0 Å². The van der Waals surface area contributed by atoms with Crippen molar-refractivity contribution in [3.05, 3.63) is 36.5 Å². The van der Waals surface area contributed by atoms with Gasteiger partial charge in [0.1, 0.15) is 5.82 Å². The summed E-state index contributed by atoms with van der Waals surface area (Å²) < 4.78 is 0. The molecule has 0 amide bonds. The van der Waals surface area contributed by atoms with Crippen LogP contribution in [-0.4, -0.2) is 23.9 Å². The van der Waals surface area contributed by atoms with Crippen molar-refractivity contribution in [3.8, 4) is 0 Å². The van der Waals surface area contributed by atoms with Crippen molar-refractivity contribution in [1.82, 2.24) is 4.98 Å². The predicted octanol–water partition coefficient (Wildman–Crippen LogP) is 2.44. The maximum absolute atomic E-state index is 11.7. The average Bonchev–Trinajstić information content (AvgIpc) is 2.39. The Bertz CT molecular complexity index is 395. The van der Waals surface area contributed by atoms with Crippen molar-refractivity contribution >= 4 is 11.6 Å². The van der Waals surface area contributed by atoms with Gasteiger partial charge in [0.25, 0.3) is 0 Å². The molecule has 0 unspecified atom stereocenters. The first-order chi connectivity index (χ1) is 7.83. The number of hydrogen-bond donors (Lipinski definition) is 0. The van der Waals surface area contributed by atoms with E-state index in [0.29, 0.717) is 5.56 Å². The van der Waals surface area contributed by atoms with Crippen LogP contribution in [-0.2, 0) is 0 Å². The molecule has 0 saturated carbocycles. The van der Waals surface area contributed by atoms with Crippen LogP contribution in [0, 0.1) is 0 Å². The molecule has 1 aliphatic rings. The third kappa shape index (κ3) is 2.13. The van der Waals surface area contributed by atoms with E-state index in [1.54, 1.807) is 12.3 Å². The number of ketones is 1. The molecule has 84 valence electrons. The van der Waals surface area contributed by atoms with Gasteiger partial charge in [-0.05, 0) is 37.5 Å². The second-order valence-electron chi connectivity index (χ2n) is 3.99. The fourth-order valence-electron chi connectivity index (χ4n) is 2.06. The summed E-state index contributed by atoms with van der Waals surface area (Å²) in [4.78, 5) is 18.2. The predicted molar refractivity (Wildman–Crippen MR) is 64.8 cm³/mol. The van der Waals surface area contributed by atoms with Gasteiger partial charge in [0.2, 0.25) is 0 Å². The van der Waals surface area contributed by atoms with Crippen LogP contribution in [0.3, 0.4) is 0 Å². The van der Waals surface area contributed by atoms with Crippen molar-refractivity contribution in [1.29, 1.82) is 0 Å². The van der Waals surface area contributed by atoms with Crippen LogP contribution in [0.25, 0.3) is 0 Å². The van der Waals surface area contributed by atoms with Gasteiger partial charge in [0.05, 0.1) is 5.56 Å². The van der Waals surface area contributed by atoms with E-state index in [9.17, 15) is 4.79 Å². The van der Waals surface area contributed by atoms with Crippen LogP contribution < -0.4 is 4.90 Å². The Morgan fingerprint density at radius 3 is 2.81 bits per heavy atom. The highest BCUT2D eigenvalue weighted by atomic mass is 16.1. The zero-order valence-corrected chi connectivity index (χ0v) is 9.35. The highest BCUT2D eigenvalue weighted by Crippen LogP contribution is 2.21. The van der Waals surface area contributed by atoms with Crippen molar-refractivity contribution in [2.75, 3.05) is 18.0 Å². The van der Waals surface area contributed by atoms with Gasteiger partial charge in [-0.15, -0.1) is 0 Å². The molecule has 0 aliphatic carbocycles. The molecule has 2 heterocycles. The number of piperidine rings is 1. The van der Waals surface area contributed by atoms with Gasteiger partial charge in [0, 0.05) is 19.3 Å². The summed E-state index contributed by atoms with van der Waals surface area (Å²) in [6.07, 6.45) is 6.72. The molecule has 0 radical (unpaired) electrons. The lowest BCUT2D eigenvalue weighted by molar-refractivity contribution is 0.104. The summed E-state index contributed by atoms with van der Waals surface area (Å²) in [7, 11) is 0. The van der Waals surface area contributed by atoms with Gasteiger partial charge < -0.3 is 4.90 Å². The Balaban J connectivity index is 2.31. The quantitative estimate of drug-likeness (QED) is 0.574. The minimum absolute atomic E-state index is 0.0475. The van der Waals surface area contributed by atoms with Gasteiger partial charge in [-0.3, -0.25) is 4.79 Å². The lowest BCUT2D eigenvalue weighted by atomic mass is 10.1. The molecule has 1 aromatic heterocycles. The molecule has 1 saturated heterocycles. The first-order valence-corrected chi connectivity index (χ1v) is 5.69. The maximum Gasteiger partial charge on any atom is 0.188 e. The number of carbonyl (C=O) groups excluding carboxylic acids is 1. The number of pyridine rings is 1. The molecule has 3 nitrogen and oxygen atoms in total. The molecule has 0 N–H and O–H groups in total. The fraction of sp³-hybridized carbons (Fsp3) is 0.385. The Kier molecular flexibility index (Phi) is 3.34. The SMILES string of the molecule is C=CC(=O)c1cccnc1N1CCCCC1. The topological polar surface area (TPSA) is 33.2 Å². The molecule has 0 spiro atoms. The fourth-order valence-corrected chi connectivity index (χ4v) is 2.06. The second-order valence-corrected chi connectivity index (χ2v) is 3.99. The highest BCUT2D eigenvalue weighted by Gasteiger charge is 2.17. The van der Waals surface area contributed by atoms with Crippen molar-refractivity contribution in [2.45, 2.75) is 19.3 Å². The number of carbonyl (C=O) groups is 1. The van der Waals surface area contributed by atoms with Crippen LogP contribution in [0.2, 0.25) is 0 Å². The van der Waals surface area contributed by atoms with Gasteiger partial charge in [0.15, 0.2) is 5.78 Å². The van der Waals surface area contributed by atoms with Gasteiger partial charge in [-0.25, -0.2) is 4.98 Å². The van der Waals surface area contributed by atoms with E-state index in [1.807, 2.05) is 6.07 Å². The number of aromatic nitrogens is 1. The largest absolute Gasteiger partial charge is 0.356 e. The molecule has 0 atom stereocenters. The van der Waals surface area contributed by atoms with E-state index in [-0.39, 0.29) is 5.78 Å². The van der Waals surface area contributed by atoms with E-state index in [4.69, 9.17) is 0 Å². The Morgan fingerprint density at radius 2 is 2.12 bits per heavy atom. The summed E-state index contributed by atoms with van der Waals surface area (Å²) in [5, 5.41) is 0. The molecule has 2 rings (SSSR count). The van der Waals surface area contributed by atoms with Crippen LogP contribution in [0.15, 0.2) is 31.0 Å². The molecule has 0 bridgehead atoms. The van der Waals surface area contributed by atoms with E-state index >= 15 is 0 Å². The second kappa shape index (κ2) is 4.92. The number of anilines is 1. The molecule has 0 aromatic carbocycles. The number of nitrogens with zero attached hydrogens (tertiary/aromatic N) is 2. The van der Waals surface area contributed by atoms with E-state index in [0.717, 1.165) is 18.9 Å². The van der Waals surface area contributed by atoms with E-state index < -0.39 is 0 Å². The minimum atomic E-state index is -0.0475. The highest BCUT2D eigenvalue weighted by molar-refractivity contribution is 6.07. The van der Waals surface area contributed by atoms with Crippen molar-refractivity contribution in [3.63, 3.8) is 0 Å². The van der Waals surface area contributed by atoms with Crippen molar-refractivity contribution < 1.29 is 4.79 Å². The molecule has 1 aromatic rings. The summed E-state index contributed by atoms with van der Waals surface area (Å²) in [6.45, 7) is 5.52. The Morgan fingerprint density at radius 1 is 1.38 bits per heavy atom. The lowest BCUT2D eigenvalue weighted by Gasteiger charge is -2.28. The van der Waals surface area contributed by atoms with Crippen LogP contribution in [0.4, 0.5) is 5.82 Å². The third-order valence-corrected chi connectivity index (χ3v) is 2.89. The molecular formula is C13H16N2O. The molecular weight excluding hydrogens is 200 g/mol.